The fourth-order valence-electron chi connectivity index (χ4n) is 1.59. The molecule has 1 aromatic rings. The average molecular weight is 279 g/mol. The smallest absolute Gasteiger partial charge is 0.309 e. The molecule has 0 aliphatic rings. The number of rotatable bonds is 7. The fraction of sp³-hybridized carbons (Fsp3) is 0.467. The van der Waals surface area contributed by atoms with Crippen molar-refractivity contribution in [3.8, 4) is 5.75 Å². The van der Waals surface area contributed by atoms with Gasteiger partial charge in [0.1, 0.15) is 5.75 Å². The molecule has 110 valence electrons. The Kier molecular flexibility index (Phi) is 5.55. The summed E-state index contributed by atoms with van der Waals surface area (Å²) in [7, 11) is 0. The highest BCUT2D eigenvalue weighted by atomic mass is 16.5. The van der Waals surface area contributed by atoms with E-state index in [0.717, 1.165) is 0 Å². The third kappa shape index (κ3) is 4.57. The molecule has 1 rings (SSSR count). The lowest BCUT2D eigenvalue weighted by Crippen LogP contribution is -2.31. The Hall–Kier alpha value is -2.04. The average Bonchev–Trinajstić information content (AvgIpc) is 2.39. The summed E-state index contributed by atoms with van der Waals surface area (Å²) in [5.74, 6) is -0.455. The van der Waals surface area contributed by atoms with Crippen LogP contribution in [0.2, 0.25) is 0 Å². The molecule has 0 heterocycles. The summed E-state index contributed by atoms with van der Waals surface area (Å²) in [6.07, 6.45) is 0.374. The highest BCUT2D eigenvalue weighted by Crippen LogP contribution is 2.19. The number of carboxylic acids is 1. The van der Waals surface area contributed by atoms with Gasteiger partial charge in [-0.3, -0.25) is 9.59 Å². The lowest BCUT2D eigenvalue weighted by atomic mass is 9.90. The zero-order chi connectivity index (χ0) is 15.2. The first-order valence-electron chi connectivity index (χ1n) is 6.61. The molecule has 1 amide bonds. The molecule has 0 saturated carbocycles. The molecule has 0 spiro atoms. The van der Waals surface area contributed by atoms with Crippen LogP contribution in [-0.4, -0.2) is 30.1 Å². The molecule has 0 saturated heterocycles. The Morgan fingerprint density at radius 3 is 2.65 bits per heavy atom. The predicted molar refractivity (Wildman–Crippen MR) is 76.0 cm³/mol. The van der Waals surface area contributed by atoms with Crippen LogP contribution in [0.3, 0.4) is 0 Å². The van der Waals surface area contributed by atoms with Crippen molar-refractivity contribution in [2.24, 2.45) is 5.41 Å². The van der Waals surface area contributed by atoms with Crippen LogP contribution in [0.15, 0.2) is 24.3 Å². The van der Waals surface area contributed by atoms with Gasteiger partial charge in [-0.25, -0.2) is 0 Å². The van der Waals surface area contributed by atoms with Crippen LogP contribution in [0.1, 0.15) is 37.6 Å². The lowest BCUT2D eigenvalue weighted by Gasteiger charge is -2.18. The maximum atomic E-state index is 11.9. The molecule has 5 nitrogen and oxygen atoms in total. The summed E-state index contributed by atoms with van der Waals surface area (Å²) in [6.45, 7) is 6.00. The van der Waals surface area contributed by atoms with Gasteiger partial charge >= 0.3 is 5.97 Å². The van der Waals surface area contributed by atoms with Crippen molar-refractivity contribution < 1.29 is 19.4 Å². The number of carbonyl (C=O) groups excluding carboxylic acids is 1. The van der Waals surface area contributed by atoms with E-state index < -0.39 is 11.4 Å². The second-order valence-electron chi connectivity index (χ2n) is 5.16. The molecule has 0 aliphatic heterocycles. The summed E-state index contributed by atoms with van der Waals surface area (Å²) in [5.41, 5.74) is -0.343. The molecule has 20 heavy (non-hydrogen) atoms. The van der Waals surface area contributed by atoms with E-state index in [2.05, 4.69) is 5.32 Å². The van der Waals surface area contributed by atoms with Crippen molar-refractivity contribution >= 4 is 11.9 Å². The standard InChI is InChI=1S/C15H21NO4/c1-4-20-12-7-5-6-11(10-12)13(17)16-9-8-15(2,3)14(18)19/h5-7,10H,4,8-9H2,1-3H3,(H,16,17)(H,18,19). The molecule has 0 atom stereocenters. The number of benzene rings is 1. The summed E-state index contributed by atoms with van der Waals surface area (Å²) in [6, 6.07) is 6.90. The molecular weight excluding hydrogens is 258 g/mol. The van der Waals surface area contributed by atoms with E-state index in [1.807, 2.05) is 6.92 Å². The van der Waals surface area contributed by atoms with Gasteiger partial charge in [0.05, 0.1) is 12.0 Å². The summed E-state index contributed by atoms with van der Waals surface area (Å²) >= 11 is 0. The maximum Gasteiger partial charge on any atom is 0.309 e. The summed E-state index contributed by atoms with van der Waals surface area (Å²) < 4.78 is 5.33. The van der Waals surface area contributed by atoms with Crippen molar-refractivity contribution in [3.63, 3.8) is 0 Å². The van der Waals surface area contributed by atoms with Crippen LogP contribution in [0.4, 0.5) is 0 Å². The highest BCUT2D eigenvalue weighted by Gasteiger charge is 2.26. The minimum atomic E-state index is -0.870. The molecule has 0 unspecified atom stereocenters. The second-order valence-corrected chi connectivity index (χ2v) is 5.16. The normalized spacial score (nSPS) is 10.9. The van der Waals surface area contributed by atoms with Crippen LogP contribution in [0.25, 0.3) is 0 Å². The van der Waals surface area contributed by atoms with Gasteiger partial charge < -0.3 is 15.2 Å². The second kappa shape index (κ2) is 6.93. The largest absolute Gasteiger partial charge is 0.494 e. The summed E-state index contributed by atoms with van der Waals surface area (Å²) in [4.78, 5) is 22.9. The number of carboxylic acid groups (broad SMARTS) is 1. The molecule has 5 heteroatoms. The van der Waals surface area contributed by atoms with Gasteiger partial charge in [-0.2, -0.15) is 0 Å². The van der Waals surface area contributed by atoms with E-state index in [1.165, 1.54) is 0 Å². The number of carbonyl (C=O) groups is 2. The van der Waals surface area contributed by atoms with Crippen molar-refractivity contribution in [2.45, 2.75) is 27.2 Å². The van der Waals surface area contributed by atoms with Gasteiger partial charge in [-0.05, 0) is 45.4 Å². The van der Waals surface area contributed by atoms with E-state index >= 15 is 0 Å². The topological polar surface area (TPSA) is 75.6 Å². The van der Waals surface area contributed by atoms with Gasteiger partial charge in [0.25, 0.3) is 5.91 Å². The van der Waals surface area contributed by atoms with E-state index in [0.29, 0.717) is 30.9 Å². The quantitative estimate of drug-likeness (QED) is 0.803. The van der Waals surface area contributed by atoms with Gasteiger partial charge in [0.2, 0.25) is 0 Å². The molecule has 0 aromatic heterocycles. The number of nitrogens with one attached hydrogen (secondary N) is 1. The Labute approximate surface area is 118 Å². The third-order valence-electron chi connectivity index (χ3n) is 3.02. The predicted octanol–water partition coefficient (Wildman–Crippen LogP) is 2.32. The first-order valence-corrected chi connectivity index (χ1v) is 6.61. The van der Waals surface area contributed by atoms with Crippen LogP contribution in [0.5, 0.6) is 5.75 Å². The minimum Gasteiger partial charge on any atom is -0.494 e. The Morgan fingerprint density at radius 2 is 2.05 bits per heavy atom. The number of amides is 1. The Bertz CT molecular complexity index is 483. The molecule has 2 N–H and O–H groups in total. The van der Waals surface area contributed by atoms with Crippen LogP contribution in [0, 0.1) is 5.41 Å². The molecule has 1 aromatic carbocycles. The van der Waals surface area contributed by atoms with Gasteiger partial charge in [-0.15, -0.1) is 0 Å². The first-order chi connectivity index (χ1) is 9.36. The maximum absolute atomic E-state index is 11.9. The lowest BCUT2D eigenvalue weighted by molar-refractivity contribution is -0.147. The summed E-state index contributed by atoms with van der Waals surface area (Å²) in [5, 5.41) is 11.7. The third-order valence-corrected chi connectivity index (χ3v) is 3.02. The van der Waals surface area contributed by atoms with E-state index in [-0.39, 0.29) is 5.91 Å². The zero-order valence-electron chi connectivity index (χ0n) is 12.1. The van der Waals surface area contributed by atoms with Crippen molar-refractivity contribution in [3.05, 3.63) is 29.8 Å². The van der Waals surface area contributed by atoms with Crippen molar-refractivity contribution in [2.75, 3.05) is 13.2 Å². The highest BCUT2D eigenvalue weighted by molar-refractivity contribution is 5.94. The van der Waals surface area contributed by atoms with E-state index in [9.17, 15) is 9.59 Å². The molecule has 0 radical (unpaired) electrons. The van der Waals surface area contributed by atoms with Gasteiger partial charge in [0.15, 0.2) is 0 Å². The van der Waals surface area contributed by atoms with Crippen LogP contribution >= 0.6 is 0 Å². The van der Waals surface area contributed by atoms with Crippen LogP contribution < -0.4 is 10.1 Å². The number of ether oxygens (including phenoxy) is 1. The zero-order valence-corrected chi connectivity index (χ0v) is 12.1. The monoisotopic (exact) mass is 279 g/mol. The van der Waals surface area contributed by atoms with E-state index in [4.69, 9.17) is 9.84 Å². The number of aliphatic carboxylic acids is 1. The van der Waals surface area contributed by atoms with Crippen LogP contribution in [-0.2, 0) is 4.79 Å². The SMILES string of the molecule is CCOc1cccc(C(=O)NCCC(C)(C)C(=O)O)c1. The van der Waals surface area contributed by atoms with Crippen molar-refractivity contribution in [1.29, 1.82) is 0 Å². The Balaban J connectivity index is 2.55. The fourth-order valence-corrected chi connectivity index (χ4v) is 1.59. The molecule has 0 fully saturated rings. The first kappa shape index (κ1) is 16.0. The molecular formula is C15H21NO4. The number of hydrogen-bond donors (Lipinski definition) is 2. The molecule has 0 bridgehead atoms. The van der Waals surface area contributed by atoms with E-state index in [1.54, 1.807) is 38.1 Å². The minimum absolute atomic E-state index is 0.229. The molecule has 0 aliphatic carbocycles. The van der Waals surface area contributed by atoms with Gasteiger partial charge in [-0.1, -0.05) is 6.07 Å². The van der Waals surface area contributed by atoms with Crippen molar-refractivity contribution in [1.82, 2.24) is 5.32 Å². The Morgan fingerprint density at radius 1 is 1.35 bits per heavy atom. The van der Waals surface area contributed by atoms with Gasteiger partial charge in [0, 0.05) is 12.1 Å². The number of hydrogen-bond acceptors (Lipinski definition) is 3.